The average Bonchev–Trinajstić information content (AvgIpc) is 3.97. The van der Waals surface area contributed by atoms with E-state index in [-0.39, 0.29) is 65.1 Å². The Morgan fingerprint density at radius 1 is 0.585 bits per heavy atom. The molecule has 308 valence electrons. The van der Waals surface area contributed by atoms with Crippen LogP contribution < -0.4 is 9.64 Å². The van der Waals surface area contributed by atoms with Crippen LogP contribution >= 0.6 is 0 Å². The molecule has 0 saturated heterocycles. The molecule has 9 aromatic carbocycles. The van der Waals surface area contributed by atoms with Crippen molar-refractivity contribution >= 4 is 44.1 Å². The number of ether oxygens (including phenoxy) is 1. The Labute approximate surface area is 391 Å². The molecule has 3 aliphatic carbocycles. The van der Waals surface area contributed by atoms with Gasteiger partial charge in [-0.05, 0) is 121 Å². The zero-order valence-electron chi connectivity index (χ0n) is 43.3. The van der Waals surface area contributed by atoms with E-state index in [1.807, 2.05) is 158 Å². The Hall–Kier alpha value is -7.94. The lowest BCUT2D eigenvalue weighted by Gasteiger charge is -2.36. The predicted octanol–water partition coefficient (Wildman–Crippen LogP) is 15.8. The number of hydrogen-bond donors (Lipinski definition) is 0. The molecule has 4 aliphatic rings. The second-order valence-corrected chi connectivity index (χ2v) is 17.1. The third-order valence-corrected chi connectivity index (χ3v) is 13.6. The van der Waals surface area contributed by atoms with Crippen molar-refractivity contribution in [2.24, 2.45) is 0 Å². The quantitative estimate of drug-likeness (QED) is 0.148. The molecule has 0 fully saturated rings. The summed E-state index contributed by atoms with van der Waals surface area (Å²) in [6.45, 7) is 0. The van der Waals surface area contributed by atoms with Gasteiger partial charge in [0.15, 0.2) is 0 Å². The van der Waals surface area contributed by atoms with E-state index < -0.39 is 17.9 Å². The zero-order valence-corrected chi connectivity index (χ0v) is 35.3. The number of nitrogens with zero attached hydrogens (tertiary/aromatic N) is 1. The van der Waals surface area contributed by atoms with Crippen molar-refractivity contribution in [3.63, 3.8) is 0 Å². The molecule has 0 aromatic heterocycles. The fourth-order valence-electron chi connectivity index (χ4n) is 10.8. The molecule has 1 aliphatic heterocycles. The highest BCUT2D eigenvalue weighted by Crippen LogP contribution is 2.57. The van der Waals surface area contributed by atoms with E-state index in [0.29, 0.717) is 34.8 Å². The lowest BCUT2D eigenvalue weighted by molar-refractivity contribution is 0.429. The maximum atomic E-state index is 10.2. The highest BCUT2D eigenvalue weighted by Gasteiger charge is 2.46. The monoisotopic (exact) mass is 839 g/mol. The van der Waals surface area contributed by atoms with Crippen molar-refractivity contribution < 1.29 is 15.7 Å². The van der Waals surface area contributed by atoms with Crippen LogP contribution in [0.5, 0.6) is 5.75 Å². The summed E-state index contributed by atoms with van der Waals surface area (Å²) in [4.78, 5) is 1.55. The van der Waals surface area contributed by atoms with Gasteiger partial charge in [-0.2, -0.15) is 0 Å². The maximum absolute atomic E-state index is 10.2. The Kier molecular flexibility index (Phi) is 7.02. The van der Waals surface area contributed by atoms with Gasteiger partial charge < -0.3 is 9.64 Å². The largest absolute Gasteiger partial charge is 0.460 e. The van der Waals surface area contributed by atoms with Crippen LogP contribution in [0.25, 0.3) is 43.8 Å². The van der Waals surface area contributed by atoms with E-state index in [0.717, 1.165) is 60.5 Å². The van der Waals surface area contributed by atoms with E-state index in [9.17, 15) is 11.0 Å². The van der Waals surface area contributed by atoms with E-state index >= 15 is 0 Å². The van der Waals surface area contributed by atoms with Gasteiger partial charge in [0.2, 0.25) is 0 Å². The Bertz CT molecular complexity index is 3870. The number of fused-ring (bicyclic) bond motifs is 9. The summed E-state index contributed by atoms with van der Waals surface area (Å²) in [6.07, 6.45) is 2.92. The van der Waals surface area contributed by atoms with Gasteiger partial charge in [-0.1, -0.05) is 200 Å². The molecule has 0 amide bonds. The van der Waals surface area contributed by atoms with Crippen LogP contribution in [-0.4, -0.2) is 6.04 Å². The van der Waals surface area contributed by atoms with Crippen LogP contribution in [-0.2, 0) is 5.41 Å². The number of para-hydroxylation sites is 1. The molecular weight excluding hydrogens is 787 g/mol. The third kappa shape index (κ3) is 5.87. The summed E-state index contributed by atoms with van der Waals surface area (Å²) in [5, 5.41) is 3.61. The van der Waals surface area contributed by atoms with Crippen LogP contribution in [0, 0.1) is 0 Å². The molecule has 3 unspecified atom stereocenters. The highest BCUT2D eigenvalue weighted by molar-refractivity contribution is 6.12. The minimum atomic E-state index is -1.53. The zero-order chi connectivity index (χ0) is 49.9. The molecule has 2 nitrogen and oxygen atoms in total. The van der Waals surface area contributed by atoms with Gasteiger partial charge in [0, 0.05) is 29.8 Å². The molecular formula is C63H45NO. The molecule has 13 rings (SSSR count). The average molecular weight is 840 g/mol. The van der Waals surface area contributed by atoms with E-state index in [1.54, 1.807) is 4.90 Å². The molecule has 3 atom stereocenters. The van der Waals surface area contributed by atoms with Gasteiger partial charge in [-0.25, -0.2) is 0 Å². The first-order chi connectivity index (χ1) is 35.6. The maximum Gasteiger partial charge on any atom is 0.130 e. The third-order valence-electron chi connectivity index (χ3n) is 13.6. The number of hydrogen-bond acceptors (Lipinski definition) is 2. The van der Waals surface area contributed by atoms with Gasteiger partial charge in [0.25, 0.3) is 0 Å². The molecule has 1 heterocycles. The topological polar surface area (TPSA) is 12.5 Å². The fraction of sp³-hybridized carbons (Fsp3) is 0.0794. The summed E-state index contributed by atoms with van der Waals surface area (Å²) in [5.41, 5.74) is 7.54. The van der Waals surface area contributed by atoms with Crippen molar-refractivity contribution in [1.29, 1.82) is 0 Å². The summed E-state index contributed by atoms with van der Waals surface area (Å²) in [6, 6.07) is 56.6. The van der Waals surface area contributed by atoms with Crippen molar-refractivity contribution in [1.82, 2.24) is 0 Å². The van der Waals surface area contributed by atoms with Crippen molar-refractivity contribution in [2.45, 2.75) is 30.2 Å². The smallest absolute Gasteiger partial charge is 0.130 e. The Balaban J connectivity index is 1.07. The van der Waals surface area contributed by atoms with E-state index in [2.05, 4.69) is 36.4 Å². The summed E-state index contributed by atoms with van der Waals surface area (Å²) >= 11 is 0. The highest BCUT2D eigenvalue weighted by atomic mass is 16.5. The lowest BCUT2D eigenvalue weighted by Crippen LogP contribution is -2.31. The second-order valence-electron chi connectivity index (χ2n) is 17.1. The van der Waals surface area contributed by atoms with Gasteiger partial charge >= 0.3 is 0 Å². The minimum Gasteiger partial charge on any atom is -0.460 e. The number of allylic oxidation sites excluding steroid dienone is 6. The van der Waals surface area contributed by atoms with Crippen LogP contribution in [0.4, 0.5) is 11.4 Å². The van der Waals surface area contributed by atoms with Crippen molar-refractivity contribution in [3.05, 3.63) is 281 Å². The van der Waals surface area contributed by atoms with E-state index in [1.165, 1.54) is 0 Å². The van der Waals surface area contributed by atoms with Crippen LogP contribution in [0.2, 0.25) is 0 Å². The first-order valence-corrected chi connectivity index (χ1v) is 22.2. The van der Waals surface area contributed by atoms with Gasteiger partial charge in [-0.15, -0.1) is 0 Å². The van der Waals surface area contributed by atoms with Crippen molar-refractivity contribution in [3.8, 4) is 16.9 Å². The Morgan fingerprint density at radius 2 is 1.26 bits per heavy atom. The van der Waals surface area contributed by atoms with Crippen molar-refractivity contribution in [2.75, 3.05) is 4.90 Å². The van der Waals surface area contributed by atoms with E-state index in [4.69, 9.17) is 4.74 Å². The molecule has 0 spiro atoms. The Morgan fingerprint density at radius 3 is 2.08 bits per heavy atom. The summed E-state index contributed by atoms with van der Waals surface area (Å²) in [5.74, 6) is 1.10. The predicted molar refractivity (Wildman–Crippen MR) is 270 cm³/mol. The summed E-state index contributed by atoms with van der Waals surface area (Å²) < 4.78 is 86.3. The number of rotatable bonds is 7. The van der Waals surface area contributed by atoms with Crippen LogP contribution in [0.15, 0.2) is 242 Å². The normalized spacial score (nSPS) is 20.9. The second kappa shape index (κ2) is 15.1. The molecule has 0 bridgehead atoms. The molecule has 0 N–H and O–H groups in total. The standard InChI is InChI=1S/C63H45NO/c1-3-17-45(18-4-1)63(46-19-5-2-6-20-46)59-28-13-11-24-54(59)55-39-38-49(41-60(55)63)64(47-34-30-42(31-35-47)51-26-15-27-57-56-25-12-14-29-61(56)65-62(51)57)48-36-32-43(33-37-48)58-40-44-16-7-8-21-50(44)52-22-9-10-23-53(52)58/h1-26,28-36,38-41,48,57H,27,37H2/i30D,31D,32D,33D,34D,35D,36D,37D. The van der Waals surface area contributed by atoms with Gasteiger partial charge in [0.1, 0.15) is 11.5 Å². The first kappa shape index (κ1) is 30.2. The minimum absolute atomic E-state index is 0.0828. The summed E-state index contributed by atoms with van der Waals surface area (Å²) in [7, 11) is 0. The first-order valence-electron chi connectivity index (χ1n) is 26.3. The van der Waals surface area contributed by atoms with Gasteiger partial charge in [-0.3, -0.25) is 0 Å². The molecule has 0 saturated carbocycles. The molecule has 65 heavy (non-hydrogen) atoms. The fourth-order valence-corrected chi connectivity index (χ4v) is 10.8. The molecule has 9 aromatic rings. The number of anilines is 2. The number of benzene rings is 9. The van der Waals surface area contributed by atoms with Gasteiger partial charge in [0.05, 0.1) is 21.1 Å². The molecule has 0 radical (unpaired) electrons. The van der Waals surface area contributed by atoms with Crippen LogP contribution in [0.1, 0.15) is 68.6 Å². The van der Waals surface area contributed by atoms with Crippen LogP contribution in [0.3, 0.4) is 0 Å². The molecule has 2 heteroatoms. The lowest BCUT2D eigenvalue weighted by atomic mass is 9.67. The SMILES string of the molecule is [2H]C1=C([2H])C(N(c2ccc3c(c2)C(c2ccccc2)(c2ccccc2)c2ccccc2-3)c2c([2H])c([2H])c(C3=C4Oc5ccccc5C4CC=C3)c([2H])c2[2H])C([2H])C([2H])=C1c1cc2ccccc2c2ccccc12.